The molecule has 0 saturated heterocycles. The lowest BCUT2D eigenvalue weighted by Crippen LogP contribution is -2.28. The molecule has 0 radical (unpaired) electrons. The summed E-state index contributed by atoms with van der Waals surface area (Å²) in [6.07, 6.45) is 1.93. The molecule has 2 rings (SSSR count). The van der Waals surface area contributed by atoms with Gasteiger partial charge in [-0.1, -0.05) is 30.7 Å². The molecule has 2 aromatic rings. The van der Waals surface area contributed by atoms with Gasteiger partial charge in [-0.15, -0.1) is 0 Å². The molecule has 1 aromatic carbocycles. The number of hydrogen-bond donors (Lipinski definition) is 2. The van der Waals surface area contributed by atoms with Crippen LogP contribution in [0.2, 0.25) is 5.02 Å². The maximum atomic E-state index is 12.3. The number of aromatic amines is 1. The van der Waals surface area contributed by atoms with E-state index in [2.05, 4.69) is 14.7 Å². The highest BCUT2D eigenvalue weighted by Gasteiger charge is 2.22. The summed E-state index contributed by atoms with van der Waals surface area (Å²) in [6, 6.07) is 6.83. The molecule has 5 nitrogen and oxygen atoms in total. The van der Waals surface area contributed by atoms with Crippen LogP contribution in [0.25, 0.3) is 0 Å². The molecule has 0 fully saturated rings. The topological polar surface area (TPSA) is 74.8 Å². The number of halogens is 1. The van der Waals surface area contributed by atoms with Crippen molar-refractivity contribution in [3.8, 4) is 0 Å². The van der Waals surface area contributed by atoms with Crippen molar-refractivity contribution in [3.05, 3.63) is 46.9 Å². The molecule has 108 valence electrons. The summed E-state index contributed by atoms with van der Waals surface area (Å²) < 4.78 is 27.2. The van der Waals surface area contributed by atoms with E-state index in [1.165, 1.54) is 6.20 Å². The van der Waals surface area contributed by atoms with Gasteiger partial charge in [0.25, 0.3) is 10.0 Å². The molecule has 0 bridgehead atoms. The Morgan fingerprint density at radius 2 is 2.20 bits per heavy atom. The number of sulfonamides is 1. The predicted octanol–water partition coefficient (Wildman–Crippen LogP) is 2.80. The first-order valence-corrected chi connectivity index (χ1v) is 8.08. The first kappa shape index (κ1) is 15.0. The number of aromatic nitrogens is 2. The van der Waals surface area contributed by atoms with Crippen LogP contribution in [0.5, 0.6) is 0 Å². The minimum atomic E-state index is -3.62. The lowest BCUT2D eigenvalue weighted by atomic mass is 10.1. The third-order valence-electron chi connectivity index (χ3n) is 2.93. The molecule has 2 N–H and O–H groups in total. The van der Waals surface area contributed by atoms with Gasteiger partial charge in [0, 0.05) is 11.1 Å². The number of rotatable bonds is 5. The molecular formula is C13H16ClN3O2S. The van der Waals surface area contributed by atoms with Crippen molar-refractivity contribution in [2.75, 3.05) is 0 Å². The van der Waals surface area contributed by atoms with Crippen molar-refractivity contribution in [2.45, 2.75) is 31.3 Å². The Kier molecular flexibility index (Phi) is 4.47. The van der Waals surface area contributed by atoms with Crippen LogP contribution in [0.15, 0.2) is 35.5 Å². The van der Waals surface area contributed by atoms with Crippen molar-refractivity contribution in [1.29, 1.82) is 0 Å². The van der Waals surface area contributed by atoms with E-state index in [-0.39, 0.29) is 11.1 Å². The molecule has 0 spiro atoms. The van der Waals surface area contributed by atoms with E-state index >= 15 is 0 Å². The number of imidazole rings is 1. The Labute approximate surface area is 123 Å². The van der Waals surface area contributed by atoms with Gasteiger partial charge in [0.05, 0.1) is 6.20 Å². The van der Waals surface area contributed by atoms with E-state index in [1.807, 2.05) is 13.0 Å². The number of aryl methyl sites for hydroxylation is 1. The fourth-order valence-corrected chi connectivity index (χ4v) is 3.37. The molecule has 1 heterocycles. The van der Waals surface area contributed by atoms with Crippen LogP contribution in [0.4, 0.5) is 0 Å². The zero-order chi connectivity index (χ0) is 14.8. The predicted molar refractivity (Wildman–Crippen MR) is 78.1 cm³/mol. The van der Waals surface area contributed by atoms with Crippen LogP contribution in [-0.2, 0) is 10.0 Å². The highest BCUT2D eigenvalue weighted by molar-refractivity contribution is 7.89. The lowest BCUT2D eigenvalue weighted by molar-refractivity contribution is 0.547. The van der Waals surface area contributed by atoms with Crippen LogP contribution in [-0.4, -0.2) is 18.4 Å². The third-order valence-corrected chi connectivity index (χ3v) is 4.54. The molecule has 0 amide bonds. The van der Waals surface area contributed by atoms with Crippen LogP contribution < -0.4 is 4.72 Å². The molecule has 1 aromatic heterocycles. The number of hydrogen-bond acceptors (Lipinski definition) is 3. The summed E-state index contributed by atoms with van der Waals surface area (Å²) in [6.45, 7) is 3.61. The van der Waals surface area contributed by atoms with Gasteiger partial charge in [-0.2, -0.15) is 0 Å². The zero-order valence-corrected chi connectivity index (χ0v) is 12.8. The van der Waals surface area contributed by atoms with Crippen molar-refractivity contribution in [2.24, 2.45) is 0 Å². The number of H-pyrrole nitrogens is 1. The van der Waals surface area contributed by atoms with E-state index in [0.29, 0.717) is 17.3 Å². The van der Waals surface area contributed by atoms with E-state index in [4.69, 9.17) is 11.6 Å². The summed E-state index contributed by atoms with van der Waals surface area (Å²) in [5, 5.41) is 0.646. The average Bonchev–Trinajstić information content (AvgIpc) is 2.83. The average molecular weight is 314 g/mol. The van der Waals surface area contributed by atoms with Gasteiger partial charge < -0.3 is 4.98 Å². The summed E-state index contributed by atoms with van der Waals surface area (Å²) in [5.41, 5.74) is 0.833. The lowest BCUT2D eigenvalue weighted by Gasteiger charge is -2.17. The fraction of sp³-hybridized carbons (Fsp3) is 0.308. The smallest absolute Gasteiger partial charge is 0.258 e. The molecule has 1 atom stereocenters. The van der Waals surface area contributed by atoms with Crippen LogP contribution in [0.1, 0.15) is 30.8 Å². The second kappa shape index (κ2) is 5.95. The van der Waals surface area contributed by atoms with E-state index in [1.54, 1.807) is 25.1 Å². The van der Waals surface area contributed by atoms with Gasteiger partial charge in [0.15, 0.2) is 5.03 Å². The van der Waals surface area contributed by atoms with Crippen LogP contribution in [0, 0.1) is 6.92 Å². The highest BCUT2D eigenvalue weighted by Crippen LogP contribution is 2.22. The van der Waals surface area contributed by atoms with Gasteiger partial charge in [-0.05, 0) is 31.0 Å². The molecular weight excluding hydrogens is 298 g/mol. The summed E-state index contributed by atoms with van der Waals surface area (Å²) in [4.78, 5) is 6.63. The minimum absolute atomic E-state index is 0.0653. The van der Waals surface area contributed by atoms with Crippen molar-refractivity contribution >= 4 is 21.6 Å². The second-order valence-electron chi connectivity index (χ2n) is 4.47. The van der Waals surface area contributed by atoms with Crippen LogP contribution >= 0.6 is 11.6 Å². The Balaban J connectivity index is 2.26. The Bertz CT molecular complexity index is 697. The normalized spacial score (nSPS) is 13.3. The van der Waals surface area contributed by atoms with Crippen molar-refractivity contribution in [3.63, 3.8) is 0 Å². The minimum Gasteiger partial charge on any atom is -0.332 e. The summed E-state index contributed by atoms with van der Waals surface area (Å²) >= 11 is 5.94. The molecule has 7 heteroatoms. The van der Waals surface area contributed by atoms with Gasteiger partial charge in [-0.3, -0.25) is 0 Å². The zero-order valence-electron chi connectivity index (χ0n) is 11.2. The maximum Gasteiger partial charge on any atom is 0.258 e. The second-order valence-corrected chi connectivity index (χ2v) is 6.59. The molecule has 0 aliphatic heterocycles. The number of benzene rings is 1. The molecule has 20 heavy (non-hydrogen) atoms. The molecule has 1 unspecified atom stereocenters. The van der Waals surface area contributed by atoms with Gasteiger partial charge in [-0.25, -0.2) is 18.1 Å². The summed E-state index contributed by atoms with van der Waals surface area (Å²) in [7, 11) is -3.62. The first-order valence-electron chi connectivity index (χ1n) is 6.22. The number of nitrogens with one attached hydrogen (secondary N) is 2. The maximum absolute atomic E-state index is 12.3. The highest BCUT2D eigenvalue weighted by atomic mass is 35.5. The van der Waals surface area contributed by atoms with Crippen LogP contribution in [0.3, 0.4) is 0 Å². The standard InChI is InChI=1S/C13H16ClN3O2S/c1-3-12(10-5-4-6-11(14)7-10)17-20(18,19)13-8-15-9(2)16-13/h4-8,12,17H,3H2,1-2H3,(H,15,16). The molecule has 0 saturated carbocycles. The fourth-order valence-electron chi connectivity index (χ4n) is 1.90. The van der Waals surface area contributed by atoms with Crippen molar-refractivity contribution < 1.29 is 8.42 Å². The SMILES string of the molecule is CCC(NS(=O)(=O)c1cnc(C)[nH]1)c1cccc(Cl)c1. The van der Waals surface area contributed by atoms with E-state index in [0.717, 1.165) is 5.56 Å². The van der Waals surface area contributed by atoms with Crippen molar-refractivity contribution in [1.82, 2.24) is 14.7 Å². The number of nitrogens with zero attached hydrogens (tertiary/aromatic N) is 1. The first-order chi connectivity index (χ1) is 9.42. The largest absolute Gasteiger partial charge is 0.332 e. The quantitative estimate of drug-likeness (QED) is 0.891. The summed E-state index contributed by atoms with van der Waals surface area (Å²) in [5.74, 6) is 0.557. The van der Waals surface area contributed by atoms with E-state index < -0.39 is 10.0 Å². The Morgan fingerprint density at radius 3 is 2.75 bits per heavy atom. The van der Waals surface area contributed by atoms with Gasteiger partial charge in [0.2, 0.25) is 0 Å². The van der Waals surface area contributed by atoms with Gasteiger partial charge >= 0.3 is 0 Å². The molecule has 0 aliphatic rings. The third kappa shape index (κ3) is 3.39. The Morgan fingerprint density at radius 1 is 1.45 bits per heavy atom. The molecule has 0 aliphatic carbocycles. The van der Waals surface area contributed by atoms with E-state index in [9.17, 15) is 8.42 Å². The van der Waals surface area contributed by atoms with Gasteiger partial charge in [0.1, 0.15) is 5.82 Å². The Hall–Kier alpha value is -1.37. The monoisotopic (exact) mass is 313 g/mol.